The molecule has 0 fully saturated rings. The van der Waals surface area contributed by atoms with Gasteiger partial charge in [-0.1, -0.05) is 0 Å². The molecule has 0 saturated carbocycles. The lowest BCUT2D eigenvalue weighted by molar-refractivity contribution is 0.0943. The number of carbonyl (C=O) groups excluding carboxylic acids is 1. The molecule has 1 N–H and O–H groups in total. The molecular formula is C19H17N3O2S. The second-order valence-corrected chi connectivity index (χ2v) is 6.88. The highest BCUT2D eigenvalue weighted by Gasteiger charge is 2.21. The highest BCUT2D eigenvalue weighted by molar-refractivity contribution is 7.21. The van der Waals surface area contributed by atoms with Crippen molar-refractivity contribution >= 4 is 27.5 Å². The van der Waals surface area contributed by atoms with Crippen LogP contribution in [0.2, 0.25) is 0 Å². The maximum Gasteiger partial charge on any atom is 0.263 e. The van der Waals surface area contributed by atoms with E-state index in [1.54, 1.807) is 12.5 Å². The fourth-order valence-corrected chi connectivity index (χ4v) is 3.93. The van der Waals surface area contributed by atoms with Crippen molar-refractivity contribution in [2.24, 2.45) is 0 Å². The number of pyridine rings is 1. The minimum absolute atomic E-state index is 0.0330. The Bertz CT molecular complexity index is 987. The van der Waals surface area contributed by atoms with Gasteiger partial charge in [-0.25, -0.2) is 4.98 Å². The maximum atomic E-state index is 12.9. The maximum absolute atomic E-state index is 12.9. The Balaban J connectivity index is 1.66. The summed E-state index contributed by atoms with van der Waals surface area (Å²) in [5.74, 6) is 0.766. The number of carbonyl (C=O) groups is 1. The quantitative estimate of drug-likeness (QED) is 0.590. The number of thiophene rings is 1. The van der Waals surface area contributed by atoms with Gasteiger partial charge in [-0.2, -0.15) is 0 Å². The first-order valence-electron chi connectivity index (χ1n) is 8.06. The molecule has 4 aromatic heterocycles. The smallest absolute Gasteiger partial charge is 0.263 e. The Morgan fingerprint density at radius 1 is 1.28 bits per heavy atom. The van der Waals surface area contributed by atoms with E-state index in [4.69, 9.17) is 4.42 Å². The minimum atomic E-state index is -0.0919. The zero-order valence-electron chi connectivity index (χ0n) is 13.7. The van der Waals surface area contributed by atoms with Gasteiger partial charge in [0.25, 0.3) is 5.91 Å². The molecular weight excluding hydrogens is 334 g/mol. The van der Waals surface area contributed by atoms with Gasteiger partial charge in [-0.3, -0.25) is 4.79 Å². The van der Waals surface area contributed by atoms with Gasteiger partial charge in [0.1, 0.15) is 15.5 Å². The van der Waals surface area contributed by atoms with Gasteiger partial charge in [-0.05, 0) is 43.3 Å². The van der Waals surface area contributed by atoms with E-state index >= 15 is 0 Å². The molecule has 5 nitrogen and oxygen atoms in total. The van der Waals surface area contributed by atoms with Crippen molar-refractivity contribution in [3.8, 4) is 5.69 Å². The molecule has 0 spiro atoms. The average molecular weight is 351 g/mol. The van der Waals surface area contributed by atoms with E-state index in [1.165, 1.54) is 11.3 Å². The normalized spacial score (nSPS) is 12.4. The zero-order chi connectivity index (χ0) is 17.2. The second-order valence-electron chi connectivity index (χ2n) is 5.88. The molecule has 4 aromatic rings. The van der Waals surface area contributed by atoms with Crippen molar-refractivity contribution in [2.45, 2.75) is 19.4 Å². The molecule has 0 bridgehead atoms. The summed E-state index contributed by atoms with van der Waals surface area (Å²) in [6.07, 6.45) is 7.93. The van der Waals surface area contributed by atoms with Gasteiger partial charge in [0.05, 0.1) is 12.0 Å². The van der Waals surface area contributed by atoms with Crippen LogP contribution in [0.5, 0.6) is 0 Å². The van der Waals surface area contributed by atoms with Crippen LogP contribution >= 0.6 is 11.3 Å². The lowest BCUT2D eigenvalue weighted by Crippen LogP contribution is -2.34. The highest BCUT2D eigenvalue weighted by Crippen LogP contribution is 2.33. The Kier molecular flexibility index (Phi) is 4.11. The fourth-order valence-electron chi connectivity index (χ4n) is 2.88. The van der Waals surface area contributed by atoms with Crippen LogP contribution in [0, 0.1) is 0 Å². The zero-order valence-corrected chi connectivity index (χ0v) is 14.5. The summed E-state index contributed by atoms with van der Waals surface area (Å²) in [4.78, 5) is 18.8. The lowest BCUT2D eigenvalue weighted by Gasteiger charge is -2.13. The van der Waals surface area contributed by atoms with Crippen LogP contribution in [-0.2, 0) is 6.42 Å². The topological polar surface area (TPSA) is 60.1 Å². The van der Waals surface area contributed by atoms with Gasteiger partial charge in [-0.15, -0.1) is 11.3 Å². The van der Waals surface area contributed by atoms with Crippen LogP contribution < -0.4 is 5.32 Å². The fraction of sp³-hybridized carbons (Fsp3) is 0.158. The van der Waals surface area contributed by atoms with Gasteiger partial charge in [0.2, 0.25) is 0 Å². The Labute approximate surface area is 148 Å². The molecule has 1 atom stereocenters. The Morgan fingerprint density at radius 2 is 2.12 bits per heavy atom. The number of aromatic nitrogens is 2. The first-order valence-corrected chi connectivity index (χ1v) is 8.88. The number of rotatable bonds is 5. The first kappa shape index (κ1) is 15.7. The molecule has 0 aliphatic carbocycles. The molecule has 1 unspecified atom stereocenters. The largest absolute Gasteiger partial charge is 0.469 e. The van der Waals surface area contributed by atoms with Crippen LogP contribution in [0.3, 0.4) is 0 Å². The molecule has 6 heteroatoms. The molecule has 4 rings (SSSR count). The molecule has 0 aliphatic rings. The predicted octanol–water partition coefficient (Wildman–Crippen LogP) is 4.04. The number of nitrogens with one attached hydrogen (secondary N) is 1. The third-order valence-electron chi connectivity index (χ3n) is 3.97. The number of hydrogen-bond donors (Lipinski definition) is 1. The highest BCUT2D eigenvalue weighted by atomic mass is 32.1. The van der Waals surface area contributed by atoms with E-state index in [0.717, 1.165) is 21.7 Å². The van der Waals surface area contributed by atoms with E-state index in [-0.39, 0.29) is 11.9 Å². The molecule has 0 saturated heterocycles. The van der Waals surface area contributed by atoms with Crippen molar-refractivity contribution in [2.75, 3.05) is 0 Å². The van der Waals surface area contributed by atoms with Gasteiger partial charge >= 0.3 is 0 Å². The third-order valence-corrected chi connectivity index (χ3v) is 5.08. The number of furan rings is 1. The summed E-state index contributed by atoms with van der Waals surface area (Å²) >= 11 is 1.41. The summed E-state index contributed by atoms with van der Waals surface area (Å²) in [6, 6.07) is 11.5. The standard InChI is InChI=1S/C19H17N3O2S/c1-13(12-14-6-5-11-24-14)21-18(23)17-16(22-9-2-3-10-22)15-7-4-8-20-19(15)25-17/h2-11,13H,12H2,1H3,(H,21,23). The third kappa shape index (κ3) is 3.08. The van der Waals surface area contributed by atoms with Crippen molar-refractivity contribution < 1.29 is 9.21 Å². The van der Waals surface area contributed by atoms with Crippen LogP contribution in [0.25, 0.3) is 15.9 Å². The van der Waals surface area contributed by atoms with Crippen molar-refractivity contribution in [3.63, 3.8) is 0 Å². The molecule has 25 heavy (non-hydrogen) atoms. The minimum Gasteiger partial charge on any atom is -0.469 e. The van der Waals surface area contributed by atoms with Gasteiger partial charge in [0.15, 0.2) is 0 Å². The molecule has 0 radical (unpaired) electrons. The number of amides is 1. The number of nitrogens with zero attached hydrogens (tertiary/aromatic N) is 2. The summed E-state index contributed by atoms with van der Waals surface area (Å²) in [5.41, 5.74) is 0.876. The summed E-state index contributed by atoms with van der Waals surface area (Å²) in [7, 11) is 0. The van der Waals surface area contributed by atoms with Gasteiger partial charge in [0, 0.05) is 36.4 Å². The second kappa shape index (κ2) is 6.57. The van der Waals surface area contributed by atoms with E-state index < -0.39 is 0 Å². The van der Waals surface area contributed by atoms with Crippen LogP contribution in [0.4, 0.5) is 0 Å². The average Bonchev–Trinajstić information content (AvgIpc) is 3.34. The van der Waals surface area contributed by atoms with E-state index in [2.05, 4.69) is 10.3 Å². The van der Waals surface area contributed by atoms with Crippen molar-refractivity contribution in [1.82, 2.24) is 14.9 Å². The summed E-state index contributed by atoms with van der Waals surface area (Å²) in [5, 5.41) is 4.05. The van der Waals surface area contributed by atoms with Crippen molar-refractivity contribution in [3.05, 3.63) is 71.9 Å². The molecule has 126 valence electrons. The predicted molar refractivity (Wildman–Crippen MR) is 98.3 cm³/mol. The summed E-state index contributed by atoms with van der Waals surface area (Å²) in [6.45, 7) is 1.97. The number of fused-ring (bicyclic) bond motifs is 1. The van der Waals surface area contributed by atoms with E-state index in [0.29, 0.717) is 11.3 Å². The monoisotopic (exact) mass is 351 g/mol. The number of hydrogen-bond acceptors (Lipinski definition) is 4. The Hall–Kier alpha value is -2.86. The van der Waals surface area contributed by atoms with Crippen molar-refractivity contribution in [1.29, 1.82) is 0 Å². The Morgan fingerprint density at radius 3 is 2.88 bits per heavy atom. The van der Waals surface area contributed by atoms with E-state index in [9.17, 15) is 4.79 Å². The SMILES string of the molecule is CC(Cc1ccco1)NC(=O)c1sc2ncccc2c1-n1cccc1. The molecule has 0 aliphatic heterocycles. The molecule has 1 amide bonds. The van der Waals surface area contributed by atoms with E-state index in [1.807, 2.05) is 60.3 Å². The molecule has 4 heterocycles. The summed E-state index contributed by atoms with van der Waals surface area (Å²) < 4.78 is 7.32. The van der Waals surface area contributed by atoms with Crippen LogP contribution in [0.15, 0.2) is 65.7 Å². The first-order chi connectivity index (χ1) is 12.2. The van der Waals surface area contributed by atoms with Crippen LogP contribution in [0.1, 0.15) is 22.4 Å². The van der Waals surface area contributed by atoms with Gasteiger partial charge < -0.3 is 14.3 Å². The van der Waals surface area contributed by atoms with Crippen LogP contribution in [-0.4, -0.2) is 21.5 Å². The molecule has 0 aromatic carbocycles. The lowest BCUT2D eigenvalue weighted by atomic mass is 10.2.